The molecule has 0 heterocycles. The molecule has 0 spiro atoms. The number of fused-ring (bicyclic) bond motifs is 5. The molecule has 4 aromatic rings. The molecule has 1 heteroatoms. The zero-order valence-electron chi connectivity index (χ0n) is 20.3. The van der Waals surface area contributed by atoms with Crippen molar-refractivity contribution in [1.29, 1.82) is 0 Å². The predicted octanol–water partition coefficient (Wildman–Crippen LogP) is 9.03. The average Bonchev–Trinajstić information content (AvgIpc) is 3.60. The first kappa shape index (κ1) is 21.5. The molecule has 7 rings (SSSR count). The van der Waals surface area contributed by atoms with Crippen LogP contribution in [0.25, 0.3) is 23.3 Å². The quantitative estimate of drug-likeness (QED) is 0.201. The van der Waals surface area contributed by atoms with Gasteiger partial charge in [0, 0.05) is 0 Å². The van der Waals surface area contributed by atoms with Crippen molar-refractivity contribution in [3.05, 3.63) is 142 Å². The molecular weight excluding hydrogens is 587 g/mol. The fourth-order valence-electron chi connectivity index (χ4n) is 6.58. The van der Waals surface area contributed by atoms with Crippen molar-refractivity contribution in [2.24, 2.45) is 0 Å². The molecule has 0 aromatic heterocycles. The van der Waals surface area contributed by atoms with Gasteiger partial charge in [-0.25, -0.2) is 0 Å². The van der Waals surface area contributed by atoms with E-state index in [9.17, 15) is 0 Å². The molecule has 0 amide bonds. The molecule has 169 valence electrons. The third-order valence-corrected chi connectivity index (χ3v) is 21.7. The zero-order chi connectivity index (χ0) is 23.5. The van der Waals surface area contributed by atoms with E-state index in [4.69, 9.17) is 0 Å². The van der Waals surface area contributed by atoms with Crippen LogP contribution in [0.3, 0.4) is 0 Å². The first-order chi connectivity index (χ1) is 17.2. The Labute approximate surface area is 216 Å². The van der Waals surface area contributed by atoms with E-state index >= 15 is 0 Å². The summed E-state index contributed by atoms with van der Waals surface area (Å²) in [6.07, 6.45) is 9.96. The summed E-state index contributed by atoms with van der Waals surface area (Å²) in [6, 6.07) is 34.9. The second-order valence-corrected chi connectivity index (χ2v) is 20.6. The van der Waals surface area contributed by atoms with Crippen LogP contribution in [0.2, 0.25) is 0 Å². The van der Waals surface area contributed by atoms with Gasteiger partial charge >= 0.3 is 218 Å². The van der Waals surface area contributed by atoms with Crippen LogP contribution in [0.1, 0.15) is 69.7 Å². The van der Waals surface area contributed by atoms with Crippen LogP contribution in [-0.4, -0.2) is 0 Å². The fraction of sp³-hybridized carbons (Fsp3) is 0.176. The maximum absolute atomic E-state index is 2.61. The van der Waals surface area contributed by atoms with E-state index in [-0.39, 0.29) is 0 Å². The van der Waals surface area contributed by atoms with Crippen molar-refractivity contribution in [2.45, 2.75) is 30.8 Å². The number of rotatable bonds is 4. The van der Waals surface area contributed by atoms with E-state index in [2.05, 4.69) is 129 Å². The van der Waals surface area contributed by atoms with E-state index in [1.165, 1.54) is 27.8 Å². The molecule has 0 N–H and O–H groups in total. The van der Waals surface area contributed by atoms with Crippen molar-refractivity contribution in [2.75, 3.05) is 0 Å². The van der Waals surface area contributed by atoms with Gasteiger partial charge in [0.1, 0.15) is 0 Å². The van der Waals surface area contributed by atoms with E-state index in [0.717, 1.165) is 0 Å². The molecule has 4 aromatic carbocycles. The first-order valence-electron chi connectivity index (χ1n) is 12.8. The first-order valence-corrected chi connectivity index (χ1v) is 19.1. The van der Waals surface area contributed by atoms with Gasteiger partial charge in [-0.2, -0.15) is 0 Å². The third-order valence-electron chi connectivity index (χ3n) is 8.27. The van der Waals surface area contributed by atoms with Gasteiger partial charge in [0.2, 0.25) is 0 Å². The van der Waals surface area contributed by atoms with Crippen LogP contribution >= 0.6 is 0 Å². The number of benzene rings is 4. The molecule has 0 radical (unpaired) electrons. The SMILES string of the molecule is CC(C)c1ccc2c(c1)[CH]([Hf]([CH]1C=Cc3ccccc31)[CH]1C=Cc3ccccc31)c1ccccc1-2. The summed E-state index contributed by atoms with van der Waals surface area (Å²) in [5.74, 6) is 0.540. The van der Waals surface area contributed by atoms with Crippen LogP contribution in [-0.2, 0) is 21.4 Å². The van der Waals surface area contributed by atoms with Crippen LogP contribution in [0.15, 0.2) is 103 Å². The normalized spacial score (nSPS) is 20.6. The van der Waals surface area contributed by atoms with Gasteiger partial charge in [-0.15, -0.1) is 0 Å². The van der Waals surface area contributed by atoms with E-state index in [1.54, 1.807) is 22.3 Å². The van der Waals surface area contributed by atoms with Crippen LogP contribution < -0.4 is 0 Å². The standard InChI is InChI=1S/C16H15.2C9H7.Hf/c1-11(2)12-7-8-16-14(9-12)10-13-5-3-4-6-15(13)16;2*1-2-5-9-7-3-6-8(9)4-1;/h3-11H,1-2H3;2*1-7H;. The summed E-state index contributed by atoms with van der Waals surface area (Å²) >= 11 is -2.61. The van der Waals surface area contributed by atoms with Gasteiger partial charge in [-0.05, 0) is 0 Å². The second kappa shape index (κ2) is 8.42. The Kier molecular flexibility index (Phi) is 5.17. The predicted molar refractivity (Wildman–Crippen MR) is 144 cm³/mol. The van der Waals surface area contributed by atoms with Crippen molar-refractivity contribution in [1.82, 2.24) is 0 Å². The van der Waals surface area contributed by atoms with Crippen molar-refractivity contribution >= 4 is 12.2 Å². The van der Waals surface area contributed by atoms with Gasteiger partial charge in [0.05, 0.1) is 0 Å². The van der Waals surface area contributed by atoms with Gasteiger partial charge in [-0.1, -0.05) is 0 Å². The molecule has 0 saturated carbocycles. The Hall–Kier alpha value is -2.77. The summed E-state index contributed by atoms with van der Waals surface area (Å²) < 4.78 is 1.74. The summed E-state index contributed by atoms with van der Waals surface area (Å²) in [4.78, 5) is 0. The molecule has 3 unspecified atom stereocenters. The maximum atomic E-state index is 2.58. The van der Waals surface area contributed by atoms with Crippen molar-refractivity contribution in [3.63, 3.8) is 0 Å². The minimum atomic E-state index is -2.61. The summed E-state index contributed by atoms with van der Waals surface area (Å²) in [7, 11) is 0. The monoisotopic (exact) mass is 617 g/mol. The zero-order valence-corrected chi connectivity index (χ0v) is 23.9. The molecule has 0 nitrogen and oxygen atoms in total. The van der Waals surface area contributed by atoms with Crippen molar-refractivity contribution < 1.29 is 21.4 Å². The molecule has 0 aliphatic heterocycles. The molecule has 0 bridgehead atoms. The average molecular weight is 616 g/mol. The van der Waals surface area contributed by atoms with E-state index in [1.807, 2.05) is 0 Å². The molecule has 3 aliphatic rings. The summed E-state index contributed by atoms with van der Waals surface area (Å²) in [5.41, 5.74) is 13.6. The number of hydrogen-bond donors (Lipinski definition) is 0. The Bertz CT molecular complexity index is 1440. The van der Waals surface area contributed by atoms with Gasteiger partial charge in [0.25, 0.3) is 0 Å². The molecule has 35 heavy (non-hydrogen) atoms. The molecular formula is C34H29Hf. The Balaban J connectivity index is 1.47. The van der Waals surface area contributed by atoms with Gasteiger partial charge in [0.15, 0.2) is 0 Å². The van der Waals surface area contributed by atoms with E-state index in [0.29, 0.717) is 16.9 Å². The van der Waals surface area contributed by atoms with Crippen molar-refractivity contribution in [3.8, 4) is 11.1 Å². The van der Waals surface area contributed by atoms with E-state index < -0.39 is 21.4 Å². The summed E-state index contributed by atoms with van der Waals surface area (Å²) in [5, 5.41) is 0. The van der Waals surface area contributed by atoms with Crippen LogP contribution in [0.5, 0.6) is 0 Å². The minimum absolute atomic E-state index is 0.540. The second-order valence-electron chi connectivity index (χ2n) is 10.5. The molecule has 3 atom stereocenters. The Morgan fingerprint density at radius 2 is 1.11 bits per heavy atom. The number of allylic oxidation sites excluding steroid dienone is 2. The fourth-order valence-corrected chi connectivity index (χ4v) is 21.6. The Morgan fingerprint density at radius 3 is 1.74 bits per heavy atom. The molecule has 3 aliphatic carbocycles. The number of hydrogen-bond acceptors (Lipinski definition) is 0. The van der Waals surface area contributed by atoms with Gasteiger partial charge in [-0.3, -0.25) is 0 Å². The summed E-state index contributed by atoms with van der Waals surface area (Å²) in [6.45, 7) is 4.65. The topological polar surface area (TPSA) is 0 Å². The Morgan fingerprint density at radius 1 is 0.571 bits per heavy atom. The van der Waals surface area contributed by atoms with Crippen LogP contribution in [0.4, 0.5) is 0 Å². The van der Waals surface area contributed by atoms with Gasteiger partial charge < -0.3 is 0 Å². The van der Waals surface area contributed by atoms with Crippen LogP contribution in [0, 0.1) is 0 Å². The molecule has 0 saturated heterocycles. The third kappa shape index (κ3) is 3.35. The molecule has 0 fully saturated rings.